The molecule has 1 heterocycles. The number of aryl methyl sites for hydroxylation is 1. The van der Waals surface area contributed by atoms with Crippen molar-refractivity contribution in [2.24, 2.45) is 0 Å². The minimum absolute atomic E-state index is 0.0726. The van der Waals surface area contributed by atoms with Gasteiger partial charge in [0.05, 0.1) is 11.1 Å². The van der Waals surface area contributed by atoms with Gasteiger partial charge in [0, 0.05) is 28.0 Å². The Hall–Kier alpha value is -2.27. The zero-order valence-corrected chi connectivity index (χ0v) is 12.8. The number of alkyl halides is 3. The number of para-hydroxylation sites is 1. The molecular weight excluding hydrogens is 325 g/mol. The molecule has 118 valence electrons. The molecule has 0 radical (unpaired) electrons. The monoisotopic (exact) mass is 336 g/mol. The Labute approximate surface area is 135 Å². The number of rotatable bonds is 2. The molecule has 0 unspecified atom stereocenters. The molecule has 0 bridgehead atoms. The van der Waals surface area contributed by atoms with Crippen LogP contribution >= 0.6 is 11.6 Å². The van der Waals surface area contributed by atoms with Crippen LogP contribution in [0.2, 0.25) is 5.02 Å². The largest absolute Gasteiger partial charge is 0.418 e. The Morgan fingerprint density at radius 3 is 2.52 bits per heavy atom. The summed E-state index contributed by atoms with van der Waals surface area (Å²) in [5.74, 6) is 0. The molecular formula is C17H12ClF3N2. The smallest absolute Gasteiger partial charge is 0.355 e. The van der Waals surface area contributed by atoms with Gasteiger partial charge in [-0.1, -0.05) is 23.7 Å². The van der Waals surface area contributed by atoms with Crippen molar-refractivity contribution < 1.29 is 13.2 Å². The van der Waals surface area contributed by atoms with E-state index in [9.17, 15) is 13.2 Å². The number of hydrogen-bond acceptors (Lipinski definition) is 2. The number of aromatic nitrogens is 1. The highest BCUT2D eigenvalue weighted by atomic mass is 35.5. The topological polar surface area (TPSA) is 24.9 Å². The molecule has 3 rings (SSSR count). The molecule has 0 aliphatic rings. The number of hydrogen-bond donors (Lipinski definition) is 1. The molecule has 0 aliphatic heterocycles. The molecule has 6 heteroatoms. The first-order valence-electron chi connectivity index (χ1n) is 6.84. The van der Waals surface area contributed by atoms with E-state index in [1.54, 1.807) is 30.3 Å². The van der Waals surface area contributed by atoms with Crippen LogP contribution in [0.4, 0.5) is 24.5 Å². The maximum absolute atomic E-state index is 13.1. The van der Waals surface area contributed by atoms with Crippen molar-refractivity contribution >= 4 is 33.9 Å². The minimum atomic E-state index is -4.44. The van der Waals surface area contributed by atoms with Crippen LogP contribution in [-0.4, -0.2) is 4.98 Å². The number of fused-ring (bicyclic) bond motifs is 1. The predicted octanol–water partition coefficient (Wildman–Crippen LogP) is 5.96. The van der Waals surface area contributed by atoms with Crippen LogP contribution in [0.5, 0.6) is 0 Å². The van der Waals surface area contributed by atoms with Gasteiger partial charge in [-0.05, 0) is 42.8 Å². The van der Waals surface area contributed by atoms with Gasteiger partial charge in [0.2, 0.25) is 0 Å². The number of pyridine rings is 1. The first-order chi connectivity index (χ1) is 10.9. The summed E-state index contributed by atoms with van der Waals surface area (Å²) in [5, 5.41) is 4.17. The van der Waals surface area contributed by atoms with Gasteiger partial charge in [-0.2, -0.15) is 13.2 Å². The van der Waals surface area contributed by atoms with Crippen molar-refractivity contribution in [2.45, 2.75) is 13.1 Å². The van der Waals surface area contributed by atoms with Gasteiger partial charge in [-0.25, -0.2) is 0 Å². The summed E-state index contributed by atoms with van der Waals surface area (Å²) in [6.45, 7) is 1.87. The third kappa shape index (κ3) is 3.10. The van der Waals surface area contributed by atoms with Crippen LogP contribution in [0.15, 0.2) is 48.7 Å². The van der Waals surface area contributed by atoms with E-state index >= 15 is 0 Å². The zero-order valence-electron chi connectivity index (χ0n) is 12.1. The van der Waals surface area contributed by atoms with Crippen LogP contribution in [0.3, 0.4) is 0 Å². The lowest BCUT2D eigenvalue weighted by Gasteiger charge is -2.14. The SMILES string of the molecule is Cc1cc(Cl)ccc1Nc1ccnc2c(C(F)(F)F)cccc12. The Kier molecular flexibility index (Phi) is 3.90. The van der Waals surface area contributed by atoms with E-state index in [1.807, 2.05) is 6.92 Å². The second-order valence-electron chi connectivity index (χ2n) is 5.14. The predicted molar refractivity (Wildman–Crippen MR) is 86.2 cm³/mol. The van der Waals surface area contributed by atoms with Crippen molar-refractivity contribution in [3.8, 4) is 0 Å². The van der Waals surface area contributed by atoms with Crippen LogP contribution in [-0.2, 0) is 6.18 Å². The molecule has 2 nitrogen and oxygen atoms in total. The summed E-state index contributed by atoms with van der Waals surface area (Å²) < 4.78 is 39.3. The summed E-state index contributed by atoms with van der Waals surface area (Å²) in [4.78, 5) is 3.91. The molecule has 0 aliphatic carbocycles. The third-order valence-electron chi connectivity index (χ3n) is 3.53. The molecule has 0 atom stereocenters. The van der Waals surface area contributed by atoms with Crippen LogP contribution in [0.1, 0.15) is 11.1 Å². The molecule has 3 aromatic rings. The molecule has 0 fully saturated rings. The zero-order chi connectivity index (χ0) is 16.6. The average molecular weight is 337 g/mol. The van der Waals surface area contributed by atoms with Gasteiger partial charge in [0.25, 0.3) is 0 Å². The Morgan fingerprint density at radius 2 is 1.83 bits per heavy atom. The van der Waals surface area contributed by atoms with E-state index < -0.39 is 11.7 Å². The molecule has 0 saturated heterocycles. The fourth-order valence-electron chi connectivity index (χ4n) is 2.43. The lowest BCUT2D eigenvalue weighted by molar-refractivity contribution is -0.136. The summed E-state index contributed by atoms with van der Waals surface area (Å²) in [6.07, 6.45) is -3.08. The fraction of sp³-hybridized carbons (Fsp3) is 0.118. The highest BCUT2D eigenvalue weighted by Crippen LogP contribution is 2.36. The Balaban J connectivity index is 2.12. The Bertz CT molecular complexity index is 875. The Morgan fingerprint density at radius 1 is 1.04 bits per heavy atom. The van der Waals surface area contributed by atoms with Crippen molar-refractivity contribution in [3.05, 3.63) is 64.8 Å². The highest BCUT2D eigenvalue weighted by Gasteiger charge is 2.33. The average Bonchev–Trinajstić information content (AvgIpc) is 2.49. The van der Waals surface area contributed by atoms with Gasteiger partial charge in [0.1, 0.15) is 0 Å². The quantitative estimate of drug-likeness (QED) is 0.624. The van der Waals surface area contributed by atoms with Gasteiger partial charge in [-0.15, -0.1) is 0 Å². The fourth-order valence-corrected chi connectivity index (χ4v) is 2.65. The summed E-state index contributed by atoms with van der Waals surface area (Å²) in [5.41, 5.74) is 1.42. The molecule has 0 spiro atoms. The van der Waals surface area contributed by atoms with Gasteiger partial charge in [0.15, 0.2) is 0 Å². The van der Waals surface area contributed by atoms with E-state index in [2.05, 4.69) is 10.3 Å². The maximum Gasteiger partial charge on any atom is 0.418 e. The van der Waals surface area contributed by atoms with Gasteiger partial charge in [-0.3, -0.25) is 4.98 Å². The summed E-state index contributed by atoms with van der Waals surface area (Å²) in [6, 6.07) is 11.0. The molecule has 23 heavy (non-hydrogen) atoms. The number of anilines is 2. The minimum Gasteiger partial charge on any atom is -0.355 e. The third-order valence-corrected chi connectivity index (χ3v) is 3.77. The lowest BCUT2D eigenvalue weighted by Crippen LogP contribution is -2.07. The molecule has 0 amide bonds. The molecule has 1 aromatic heterocycles. The van der Waals surface area contributed by atoms with E-state index in [0.717, 1.165) is 17.3 Å². The van der Waals surface area contributed by atoms with Crippen molar-refractivity contribution in [1.29, 1.82) is 0 Å². The molecule has 0 saturated carbocycles. The number of nitrogens with one attached hydrogen (secondary N) is 1. The van der Waals surface area contributed by atoms with Crippen LogP contribution in [0, 0.1) is 6.92 Å². The standard InChI is InChI=1S/C17H12ClF3N2/c1-10-9-11(18)5-6-14(10)23-15-7-8-22-16-12(15)3-2-4-13(16)17(19,20)21/h2-9H,1H3,(H,22,23). The number of benzene rings is 2. The second-order valence-corrected chi connectivity index (χ2v) is 5.58. The van der Waals surface area contributed by atoms with Crippen LogP contribution < -0.4 is 5.32 Å². The van der Waals surface area contributed by atoms with E-state index in [0.29, 0.717) is 16.1 Å². The van der Waals surface area contributed by atoms with Crippen molar-refractivity contribution in [1.82, 2.24) is 4.98 Å². The first-order valence-corrected chi connectivity index (χ1v) is 7.22. The first kappa shape index (κ1) is 15.6. The summed E-state index contributed by atoms with van der Waals surface area (Å²) in [7, 11) is 0. The number of halogens is 4. The molecule has 2 aromatic carbocycles. The van der Waals surface area contributed by atoms with E-state index in [1.165, 1.54) is 12.3 Å². The van der Waals surface area contributed by atoms with Gasteiger partial charge >= 0.3 is 6.18 Å². The van der Waals surface area contributed by atoms with Crippen LogP contribution in [0.25, 0.3) is 10.9 Å². The normalized spacial score (nSPS) is 11.7. The van der Waals surface area contributed by atoms with E-state index in [4.69, 9.17) is 11.6 Å². The van der Waals surface area contributed by atoms with Gasteiger partial charge < -0.3 is 5.32 Å². The number of nitrogens with zero attached hydrogens (tertiary/aromatic N) is 1. The van der Waals surface area contributed by atoms with E-state index in [-0.39, 0.29) is 5.52 Å². The maximum atomic E-state index is 13.1. The molecule has 1 N–H and O–H groups in total. The lowest BCUT2D eigenvalue weighted by atomic mass is 10.1. The second kappa shape index (κ2) is 5.74. The summed E-state index contributed by atoms with van der Waals surface area (Å²) >= 11 is 5.92. The van der Waals surface area contributed by atoms with Crippen molar-refractivity contribution in [2.75, 3.05) is 5.32 Å². The highest BCUT2D eigenvalue weighted by molar-refractivity contribution is 6.30. The van der Waals surface area contributed by atoms with Crippen molar-refractivity contribution in [3.63, 3.8) is 0 Å².